The van der Waals surface area contributed by atoms with E-state index in [9.17, 15) is 9.59 Å². The first-order valence-electron chi connectivity index (χ1n) is 11.3. The van der Waals surface area contributed by atoms with Crippen molar-refractivity contribution >= 4 is 38.5 Å². The van der Waals surface area contributed by atoms with Gasteiger partial charge in [0, 0.05) is 12.6 Å². The molecule has 0 saturated heterocycles. The van der Waals surface area contributed by atoms with E-state index < -0.39 is 6.04 Å². The van der Waals surface area contributed by atoms with E-state index in [2.05, 4.69) is 21.2 Å². The van der Waals surface area contributed by atoms with Crippen LogP contribution in [0.5, 0.6) is 5.75 Å². The number of ether oxygens (including phenoxy) is 1. The number of rotatable bonds is 9. The Hall–Kier alpha value is -2.86. The fourth-order valence-electron chi connectivity index (χ4n) is 3.74. The van der Waals surface area contributed by atoms with Crippen LogP contribution < -0.4 is 10.1 Å². The van der Waals surface area contributed by atoms with Crippen molar-refractivity contribution in [2.45, 2.75) is 52.7 Å². The minimum atomic E-state index is -0.579. The molecule has 2 amide bonds. The molecule has 0 radical (unpaired) electrons. The third-order valence-electron chi connectivity index (χ3n) is 5.47. The first kappa shape index (κ1) is 24.8. The molecule has 1 N–H and O–H groups in total. The van der Waals surface area contributed by atoms with Crippen molar-refractivity contribution in [2.75, 3.05) is 6.61 Å². The first-order valence-corrected chi connectivity index (χ1v) is 12.0. The molecule has 1 atom stereocenters. The molecule has 0 aliphatic carbocycles. The number of carbonyl (C=O) groups is 2. The molecule has 3 aromatic rings. The summed E-state index contributed by atoms with van der Waals surface area (Å²) in [5, 5.41) is 5.05. The predicted molar refractivity (Wildman–Crippen MR) is 136 cm³/mol. The Labute approximate surface area is 204 Å². The summed E-state index contributed by atoms with van der Waals surface area (Å²) >= 11 is 3.61. The average molecular weight is 511 g/mol. The summed E-state index contributed by atoms with van der Waals surface area (Å²) < 4.78 is 6.74. The van der Waals surface area contributed by atoms with E-state index >= 15 is 0 Å². The van der Waals surface area contributed by atoms with Crippen LogP contribution in [0.3, 0.4) is 0 Å². The Morgan fingerprint density at radius 1 is 1.03 bits per heavy atom. The maximum atomic E-state index is 13.4. The van der Waals surface area contributed by atoms with Crippen LogP contribution in [0, 0.1) is 6.92 Å². The van der Waals surface area contributed by atoms with Gasteiger partial charge < -0.3 is 15.0 Å². The molecular weight excluding hydrogens is 480 g/mol. The second-order valence-electron chi connectivity index (χ2n) is 8.48. The predicted octanol–water partition coefficient (Wildman–Crippen LogP) is 5.62. The van der Waals surface area contributed by atoms with Crippen molar-refractivity contribution in [1.82, 2.24) is 10.2 Å². The van der Waals surface area contributed by atoms with Crippen LogP contribution in [0.4, 0.5) is 0 Å². The Balaban J connectivity index is 1.82. The summed E-state index contributed by atoms with van der Waals surface area (Å²) in [6.07, 6.45) is 0.510. The van der Waals surface area contributed by atoms with Crippen molar-refractivity contribution in [3.05, 3.63) is 76.3 Å². The van der Waals surface area contributed by atoms with E-state index in [1.165, 1.54) is 0 Å². The molecule has 33 heavy (non-hydrogen) atoms. The summed E-state index contributed by atoms with van der Waals surface area (Å²) in [5.74, 6) is 0.207. The molecule has 0 saturated carbocycles. The molecule has 3 rings (SSSR count). The minimum absolute atomic E-state index is 0.00678. The lowest BCUT2D eigenvalue weighted by atomic mass is 10.1. The maximum absolute atomic E-state index is 13.4. The van der Waals surface area contributed by atoms with Gasteiger partial charge in [-0.15, -0.1) is 0 Å². The van der Waals surface area contributed by atoms with Gasteiger partial charge in [0.15, 0.2) is 6.61 Å². The molecule has 0 aliphatic rings. The molecule has 3 aromatic carbocycles. The van der Waals surface area contributed by atoms with Crippen LogP contribution in [0.15, 0.2) is 65.1 Å². The summed E-state index contributed by atoms with van der Waals surface area (Å²) in [7, 11) is 0. The van der Waals surface area contributed by atoms with Gasteiger partial charge in [0.25, 0.3) is 5.91 Å². The monoisotopic (exact) mass is 510 g/mol. The lowest BCUT2D eigenvalue weighted by Gasteiger charge is -2.31. The van der Waals surface area contributed by atoms with Crippen molar-refractivity contribution < 1.29 is 14.3 Å². The van der Waals surface area contributed by atoms with Gasteiger partial charge in [0.2, 0.25) is 5.91 Å². The SMILES string of the molecule is CC[C@@H](C(=O)NC(C)C)N(Cc1ccc(C)cc1)C(=O)COc1ccc2ccccc2c1Br. The van der Waals surface area contributed by atoms with Crippen LogP contribution in [-0.2, 0) is 16.1 Å². The zero-order chi connectivity index (χ0) is 24.0. The highest BCUT2D eigenvalue weighted by molar-refractivity contribution is 9.10. The number of fused-ring (bicyclic) bond motifs is 1. The Bertz CT molecular complexity index is 1110. The molecule has 6 heteroatoms. The Morgan fingerprint density at radius 3 is 2.39 bits per heavy atom. The fraction of sp³-hybridized carbons (Fsp3) is 0.333. The van der Waals surface area contributed by atoms with E-state index in [4.69, 9.17) is 4.74 Å². The molecule has 0 spiro atoms. The molecule has 174 valence electrons. The minimum Gasteiger partial charge on any atom is -0.483 e. The largest absolute Gasteiger partial charge is 0.483 e. The van der Waals surface area contributed by atoms with Gasteiger partial charge in [-0.2, -0.15) is 0 Å². The number of hydrogen-bond donors (Lipinski definition) is 1. The zero-order valence-electron chi connectivity index (χ0n) is 19.6. The van der Waals surface area contributed by atoms with Crippen molar-refractivity contribution in [2.24, 2.45) is 0 Å². The number of hydrogen-bond acceptors (Lipinski definition) is 3. The van der Waals surface area contributed by atoms with Crippen LogP contribution >= 0.6 is 15.9 Å². The third-order valence-corrected chi connectivity index (χ3v) is 6.29. The molecular formula is C27H31BrN2O3. The summed E-state index contributed by atoms with van der Waals surface area (Å²) in [6.45, 7) is 7.95. The second kappa shape index (κ2) is 11.3. The van der Waals surface area contributed by atoms with Gasteiger partial charge in [0.1, 0.15) is 11.8 Å². The van der Waals surface area contributed by atoms with Gasteiger partial charge >= 0.3 is 0 Å². The highest BCUT2D eigenvalue weighted by Crippen LogP contribution is 2.33. The molecule has 0 heterocycles. The second-order valence-corrected chi connectivity index (χ2v) is 9.28. The average Bonchev–Trinajstić information content (AvgIpc) is 2.79. The van der Waals surface area contributed by atoms with E-state index in [0.717, 1.165) is 26.4 Å². The van der Waals surface area contributed by atoms with E-state index in [-0.39, 0.29) is 24.5 Å². The fourth-order valence-corrected chi connectivity index (χ4v) is 4.35. The first-order chi connectivity index (χ1) is 15.8. The number of nitrogens with one attached hydrogen (secondary N) is 1. The van der Waals surface area contributed by atoms with Crippen molar-refractivity contribution in [1.29, 1.82) is 0 Å². The van der Waals surface area contributed by atoms with Crippen LogP contribution in [-0.4, -0.2) is 35.4 Å². The molecule has 0 aliphatic heterocycles. The maximum Gasteiger partial charge on any atom is 0.261 e. The molecule has 0 unspecified atom stereocenters. The quantitative estimate of drug-likeness (QED) is 0.406. The number of halogens is 1. The van der Waals surface area contributed by atoms with Crippen LogP contribution in [0.25, 0.3) is 10.8 Å². The van der Waals surface area contributed by atoms with Gasteiger partial charge in [0.05, 0.1) is 4.47 Å². The molecule has 0 aromatic heterocycles. The van der Waals surface area contributed by atoms with E-state index in [1.807, 2.05) is 88.4 Å². The Kier molecular flexibility index (Phi) is 8.50. The number of benzene rings is 3. The van der Waals surface area contributed by atoms with E-state index in [1.54, 1.807) is 4.90 Å². The highest BCUT2D eigenvalue weighted by Gasteiger charge is 2.29. The number of aryl methyl sites for hydroxylation is 1. The lowest BCUT2D eigenvalue weighted by molar-refractivity contribution is -0.143. The van der Waals surface area contributed by atoms with Crippen molar-refractivity contribution in [3.63, 3.8) is 0 Å². The third kappa shape index (κ3) is 6.35. The Morgan fingerprint density at radius 2 is 1.73 bits per heavy atom. The normalized spacial score (nSPS) is 11.9. The summed E-state index contributed by atoms with van der Waals surface area (Å²) in [4.78, 5) is 27.9. The highest BCUT2D eigenvalue weighted by atomic mass is 79.9. The smallest absolute Gasteiger partial charge is 0.261 e. The van der Waals surface area contributed by atoms with Gasteiger partial charge in [-0.25, -0.2) is 0 Å². The summed E-state index contributed by atoms with van der Waals surface area (Å²) in [6, 6.07) is 19.2. The molecule has 5 nitrogen and oxygen atoms in total. The zero-order valence-corrected chi connectivity index (χ0v) is 21.2. The van der Waals surface area contributed by atoms with Crippen LogP contribution in [0.1, 0.15) is 38.3 Å². The molecule has 0 fully saturated rings. The lowest BCUT2D eigenvalue weighted by Crippen LogP contribution is -2.51. The summed E-state index contributed by atoms with van der Waals surface area (Å²) in [5.41, 5.74) is 2.11. The molecule has 0 bridgehead atoms. The van der Waals surface area contributed by atoms with Gasteiger partial charge in [-0.05, 0) is 65.5 Å². The topological polar surface area (TPSA) is 58.6 Å². The number of amides is 2. The van der Waals surface area contributed by atoms with Gasteiger partial charge in [-0.3, -0.25) is 9.59 Å². The van der Waals surface area contributed by atoms with Gasteiger partial charge in [-0.1, -0.05) is 67.1 Å². The number of nitrogens with zero attached hydrogens (tertiary/aromatic N) is 1. The van der Waals surface area contributed by atoms with E-state index in [0.29, 0.717) is 18.7 Å². The van der Waals surface area contributed by atoms with Crippen LogP contribution in [0.2, 0.25) is 0 Å². The standard InChI is InChI=1S/C27H31BrN2O3/c1-5-23(27(32)29-18(2)3)30(16-20-12-10-19(4)11-13-20)25(31)17-33-24-15-14-21-8-6-7-9-22(21)26(24)28/h6-15,18,23H,5,16-17H2,1-4H3,(H,29,32)/t23-/m0/s1. The van der Waals surface area contributed by atoms with Crippen molar-refractivity contribution in [3.8, 4) is 5.75 Å². The number of carbonyl (C=O) groups excluding carboxylic acids is 2.